The van der Waals surface area contributed by atoms with Crippen LogP contribution in [0.4, 0.5) is 0 Å². The van der Waals surface area contributed by atoms with Crippen LogP contribution in [0, 0.1) is 24.2 Å². The summed E-state index contributed by atoms with van der Waals surface area (Å²) in [5.41, 5.74) is 1.95. The van der Waals surface area contributed by atoms with Crippen molar-refractivity contribution in [2.75, 3.05) is 0 Å². The highest BCUT2D eigenvalue weighted by Gasteiger charge is 2.49. The first-order valence-corrected chi connectivity index (χ1v) is 24.9. The number of aryl methyl sites for hydroxylation is 1. The zero-order chi connectivity index (χ0) is 38.7. The standard InChI is InChI=1S/C41H71NO5SSi2/c1-18-23-29(6)24-25-35(31(8)26-34-28-48-33(10)42-34)45-37(43)27-36(46-50(20-3,21-4)22-5)41(14,15)39(44)32(9)38(30(7)19-2)47-49(16,17)40(11,12)13/h18-19,24,26,28,30,32,35-36,38H,1-2,20-23,25,27H2,3-17H3/b29-24-,31-26+/t30-,32?,35?,36-,38-/m0/s1. The van der Waals surface area contributed by atoms with Crippen molar-refractivity contribution in [2.24, 2.45) is 17.3 Å². The van der Waals surface area contributed by atoms with Gasteiger partial charge in [-0.1, -0.05) is 93.0 Å². The van der Waals surface area contributed by atoms with E-state index in [1.165, 1.54) is 0 Å². The van der Waals surface area contributed by atoms with Crippen LogP contribution in [0.25, 0.3) is 6.08 Å². The third-order valence-corrected chi connectivity index (χ3v) is 21.0. The number of rotatable bonds is 22. The van der Waals surface area contributed by atoms with E-state index in [0.29, 0.717) is 6.42 Å². The van der Waals surface area contributed by atoms with Gasteiger partial charge in [0.2, 0.25) is 0 Å². The van der Waals surface area contributed by atoms with Crippen LogP contribution in [0.1, 0.15) is 113 Å². The molecule has 2 unspecified atom stereocenters. The van der Waals surface area contributed by atoms with E-state index >= 15 is 0 Å². The summed E-state index contributed by atoms with van der Waals surface area (Å²) in [4.78, 5) is 33.4. The maximum absolute atomic E-state index is 14.8. The van der Waals surface area contributed by atoms with Gasteiger partial charge in [0.25, 0.3) is 0 Å². The number of nitrogens with zero attached hydrogens (tertiary/aromatic N) is 1. The number of esters is 1. The van der Waals surface area contributed by atoms with Crippen molar-refractivity contribution in [1.29, 1.82) is 0 Å². The maximum atomic E-state index is 14.8. The zero-order valence-electron chi connectivity index (χ0n) is 34.3. The van der Waals surface area contributed by atoms with Crippen molar-refractivity contribution >= 4 is 45.8 Å². The van der Waals surface area contributed by atoms with Crippen molar-refractivity contribution in [1.82, 2.24) is 4.98 Å². The molecule has 284 valence electrons. The smallest absolute Gasteiger partial charge is 0.309 e. The van der Waals surface area contributed by atoms with Crippen LogP contribution < -0.4 is 0 Å². The normalized spacial score (nSPS) is 16.7. The van der Waals surface area contributed by atoms with E-state index in [4.69, 9.17) is 13.6 Å². The van der Waals surface area contributed by atoms with Crippen LogP contribution in [0.15, 0.2) is 47.9 Å². The molecule has 0 aliphatic carbocycles. The van der Waals surface area contributed by atoms with E-state index in [1.807, 2.05) is 58.2 Å². The molecule has 5 atom stereocenters. The van der Waals surface area contributed by atoms with E-state index in [-0.39, 0.29) is 35.2 Å². The molecule has 9 heteroatoms. The summed E-state index contributed by atoms with van der Waals surface area (Å²) in [6.07, 6.45) is 7.68. The number of hydrogen-bond acceptors (Lipinski definition) is 7. The van der Waals surface area contributed by atoms with Gasteiger partial charge in [0.05, 0.1) is 29.3 Å². The molecule has 0 bridgehead atoms. The fourth-order valence-electron chi connectivity index (χ4n) is 6.03. The Hall–Kier alpha value is -1.92. The third kappa shape index (κ3) is 12.9. The Morgan fingerprint density at radius 2 is 1.58 bits per heavy atom. The molecule has 0 aliphatic rings. The third-order valence-electron chi connectivity index (χ3n) is 11.1. The van der Waals surface area contributed by atoms with Gasteiger partial charge in [-0.05, 0) is 81.0 Å². The van der Waals surface area contributed by atoms with Crippen LogP contribution in [0.5, 0.6) is 0 Å². The molecule has 0 fully saturated rings. The average molecular weight is 746 g/mol. The minimum atomic E-state index is -2.24. The van der Waals surface area contributed by atoms with Gasteiger partial charge in [-0.2, -0.15) is 0 Å². The monoisotopic (exact) mass is 745 g/mol. The van der Waals surface area contributed by atoms with Gasteiger partial charge in [-0.25, -0.2) is 4.98 Å². The summed E-state index contributed by atoms with van der Waals surface area (Å²) in [6.45, 7) is 39.5. The molecule has 0 N–H and O–H groups in total. The van der Waals surface area contributed by atoms with Gasteiger partial charge in [0, 0.05) is 23.1 Å². The number of carbonyl (C=O) groups excluding carboxylic acids is 2. The van der Waals surface area contributed by atoms with Crippen LogP contribution in [-0.2, 0) is 23.2 Å². The predicted molar refractivity (Wildman–Crippen MR) is 220 cm³/mol. The summed E-state index contributed by atoms with van der Waals surface area (Å²) in [5, 5.41) is 2.97. The van der Waals surface area contributed by atoms with Crippen LogP contribution in [-0.4, -0.2) is 51.7 Å². The van der Waals surface area contributed by atoms with Gasteiger partial charge in [0.1, 0.15) is 11.9 Å². The number of ether oxygens (including phenoxy) is 1. The molecule has 6 nitrogen and oxygen atoms in total. The number of carbonyl (C=O) groups is 2. The van der Waals surface area contributed by atoms with Crippen LogP contribution in [0.2, 0.25) is 36.3 Å². The average Bonchev–Trinajstić information content (AvgIpc) is 3.46. The summed E-state index contributed by atoms with van der Waals surface area (Å²) in [5.74, 6) is -0.806. The first-order chi connectivity index (χ1) is 23.0. The minimum Gasteiger partial charge on any atom is -0.457 e. The Bertz CT molecular complexity index is 1330. The minimum absolute atomic E-state index is 0.0140. The Balaban J connectivity index is 3.60. The van der Waals surface area contributed by atoms with Crippen molar-refractivity contribution in [3.8, 4) is 0 Å². The molecule has 1 aromatic heterocycles. The second-order valence-electron chi connectivity index (χ2n) is 16.3. The lowest BCUT2D eigenvalue weighted by Gasteiger charge is -2.45. The SMILES string of the molecule is C=CC/C(C)=C\CC(OC(=O)C[C@H](O[Si](CC)(CC)CC)C(C)(C)C(=O)C(C)[C@@H](O[Si](C)(C)C(C)(C)C)[C@@H](C)C=C)/C(C)=C/c1csc(C)n1. The second-order valence-corrected chi connectivity index (χ2v) is 26.8. The molecule has 1 aromatic rings. The van der Waals surface area contributed by atoms with Gasteiger partial charge >= 0.3 is 5.97 Å². The fourth-order valence-corrected chi connectivity index (χ4v) is 11.0. The lowest BCUT2D eigenvalue weighted by atomic mass is 9.73. The van der Waals surface area contributed by atoms with Gasteiger partial charge in [-0.3, -0.25) is 9.59 Å². The number of allylic oxidation sites excluding steroid dienone is 2. The Labute approximate surface area is 312 Å². The Morgan fingerprint density at radius 3 is 2.04 bits per heavy atom. The molecule has 1 rings (SSSR count). The number of thiazole rings is 1. The molecular formula is C41H71NO5SSi2. The van der Waals surface area contributed by atoms with Gasteiger partial charge < -0.3 is 13.6 Å². The van der Waals surface area contributed by atoms with Crippen LogP contribution >= 0.6 is 11.3 Å². The second kappa shape index (κ2) is 19.8. The highest BCUT2D eigenvalue weighted by molar-refractivity contribution is 7.09. The van der Waals surface area contributed by atoms with Crippen molar-refractivity contribution in [3.63, 3.8) is 0 Å². The Morgan fingerprint density at radius 1 is 1.00 bits per heavy atom. The van der Waals surface area contributed by atoms with Crippen molar-refractivity contribution in [3.05, 3.63) is 58.6 Å². The Kier molecular flexibility index (Phi) is 18.2. The quantitative estimate of drug-likeness (QED) is 0.0668. The van der Waals surface area contributed by atoms with E-state index in [9.17, 15) is 9.59 Å². The number of Topliss-reactive ketones (excluding diaryl/α,β-unsaturated/α-hetero) is 1. The molecule has 0 amide bonds. The molecule has 0 spiro atoms. The first kappa shape index (κ1) is 46.1. The lowest BCUT2D eigenvalue weighted by molar-refractivity contribution is -0.153. The van der Waals surface area contributed by atoms with E-state index in [0.717, 1.165) is 46.4 Å². The molecule has 1 heterocycles. The molecule has 0 aliphatic heterocycles. The highest BCUT2D eigenvalue weighted by atomic mass is 32.1. The fraction of sp³-hybridized carbons (Fsp3) is 0.683. The summed E-state index contributed by atoms with van der Waals surface area (Å²) < 4.78 is 20.4. The molecule has 0 saturated carbocycles. The summed E-state index contributed by atoms with van der Waals surface area (Å²) in [6, 6.07) is 2.71. The number of ketones is 1. The largest absolute Gasteiger partial charge is 0.457 e. The molecular weight excluding hydrogens is 675 g/mol. The van der Waals surface area contributed by atoms with Gasteiger partial charge in [0.15, 0.2) is 16.6 Å². The topological polar surface area (TPSA) is 74.7 Å². The number of hydrogen-bond donors (Lipinski definition) is 0. The number of aromatic nitrogens is 1. The van der Waals surface area contributed by atoms with Crippen LogP contribution in [0.3, 0.4) is 0 Å². The lowest BCUT2D eigenvalue weighted by Crippen LogP contribution is -2.53. The summed E-state index contributed by atoms with van der Waals surface area (Å²) in [7, 11) is -4.46. The van der Waals surface area contributed by atoms with Crippen molar-refractivity contribution < 1.29 is 23.2 Å². The molecule has 0 aromatic carbocycles. The van der Waals surface area contributed by atoms with E-state index in [1.54, 1.807) is 11.3 Å². The van der Waals surface area contributed by atoms with Gasteiger partial charge in [-0.15, -0.1) is 24.5 Å². The molecule has 50 heavy (non-hydrogen) atoms. The maximum Gasteiger partial charge on any atom is 0.309 e. The zero-order valence-corrected chi connectivity index (χ0v) is 37.1. The predicted octanol–water partition coefficient (Wildman–Crippen LogP) is 11.9. The van der Waals surface area contributed by atoms with Crippen molar-refractivity contribution in [2.45, 2.75) is 164 Å². The van der Waals surface area contributed by atoms with E-state index < -0.39 is 40.2 Å². The molecule has 0 saturated heterocycles. The van der Waals surface area contributed by atoms with E-state index in [2.05, 4.69) is 92.7 Å². The first-order valence-electron chi connectivity index (χ1n) is 18.6. The summed E-state index contributed by atoms with van der Waals surface area (Å²) >= 11 is 1.59. The highest BCUT2D eigenvalue weighted by Crippen LogP contribution is 2.42. The molecule has 0 radical (unpaired) electrons.